The number of aliphatic hydroxyl groups is 1. The second kappa shape index (κ2) is 5.21. The van der Waals surface area contributed by atoms with Crippen LogP contribution in [0.25, 0.3) is 21.8 Å². The molecule has 0 aliphatic heterocycles. The Kier molecular flexibility index (Phi) is 3.48. The molecular weight excluding hydrogens is 311 g/mol. The van der Waals surface area contributed by atoms with Crippen LogP contribution in [-0.2, 0) is 6.42 Å². The maximum Gasteiger partial charge on any atom is 0.393 e. The van der Waals surface area contributed by atoms with Gasteiger partial charge in [-0.3, -0.25) is 0 Å². The fourth-order valence-corrected chi connectivity index (χ4v) is 2.73. The lowest BCUT2D eigenvalue weighted by Crippen LogP contribution is -2.11. The zero-order chi connectivity index (χ0) is 15.9. The lowest BCUT2D eigenvalue weighted by molar-refractivity contribution is -0.127. The van der Waals surface area contributed by atoms with E-state index >= 15 is 0 Å². The molecule has 3 aromatic rings. The number of aromatic nitrogens is 1. The van der Waals surface area contributed by atoms with E-state index in [0.29, 0.717) is 27.4 Å². The molecule has 1 heterocycles. The molecule has 0 aliphatic carbocycles. The average molecular weight is 321 g/mol. The van der Waals surface area contributed by atoms with Gasteiger partial charge in [-0.15, -0.1) is 0 Å². The quantitative estimate of drug-likeness (QED) is 0.547. The van der Waals surface area contributed by atoms with Crippen molar-refractivity contribution in [2.75, 3.05) is 0 Å². The van der Waals surface area contributed by atoms with Crippen molar-refractivity contribution in [1.82, 2.24) is 4.98 Å². The van der Waals surface area contributed by atoms with Gasteiger partial charge in [0.05, 0.1) is 17.5 Å². The van der Waals surface area contributed by atoms with Crippen LogP contribution in [0.4, 0.5) is 13.2 Å². The van der Waals surface area contributed by atoms with Crippen LogP contribution in [0.15, 0.2) is 42.5 Å². The summed E-state index contributed by atoms with van der Waals surface area (Å²) in [7, 11) is 0. The predicted molar refractivity (Wildman–Crippen MR) is 83.3 cm³/mol. The van der Waals surface area contributed by atoms with Crippen molar-refractivity contribution in [1.29, 1.82) is 0 Å². The summed E-state index contributed by atoms with van der Waals surface area (Å²) in [4.78, 5) is 4.41. The minimum absolute atomic E-state index is 0.106. The van der Waals surface area contributed by atoms with E-state index in [9.17, 15) is 18.3 Å². The molecule has 1 aromatic heterocycles. The third-order valence-corrected chi connectivity index (χ3v) is 3.57. The molecule has 2 aromatic carbocycles. The Labute approximate surface area is 129 Å². The number of hydrogen-bond acceptors (Lipinski definition) is 2. The molecule has 0 aliphatic rings. The highest BCUT2D eigenvalue weighted by atomic mass is 32.1. The Hall–Kier alpha value is -2.21. The Bertz CT molecular complexity index is 890. The molecule has 6 heteroatoms. The second-order valence-corrected chi connectivity index (χ2v) is 5.34. The van der Waals surface area contributed by atoms with E-state index in [1.165, 1.54) is 18.2 Å². The smallest absolute Gasteiger partial charge is 0.393 e. The lowest BCUT2D eigenvalue weighted by Gasteiger charge is -2.11. The molecule has 0 saturated heterocycles. The number of fused-ring (bicyclic) bond motifs is 2. The highest BCUT2D eigenvalue weighted by Gasteiger charge is 2.28. The van der Waals surface area contributed by atoms with Crippen LogP contribution in [0.3, 0.4) is 0 Å². The Morgan fingerprint density at radius 1 is 1.05 bits per heavy atom. The molecule has 0 bridgehead atoms. The van der Waals surface area contributed by atoms with Gasteiger partial charge in [-0.1, -0.05) is 24.3 Å². The molecule has 0 fully saturated rings. The molecule has 2 nitrogen and oxygen atoms in total. The van der Waals surface area contributed by atoms with Gasteiger partial charge < -0.3 is 5.11 Å². The summed E-state index contributed by atoms with van der Waals surface area (Å²) in [6, 6.07) is 11.4. The van der Waals surface area contributed by atoms with E-state index < -0.39 is 12.6 Å². The zero-order valence-electron chi connectivity index (χ0n) is 11.2. The zero-order valence-corrected chi connectivity index (χ0v) is 12.0. The summed E-state index contributed by atoms with van der Waals surface area (Å²) in [6.07, 6.45) is -5.33. The average Bonchev–Trinajstić information content (AvgIpc) is 2.42. The molecule has 0 unspecified atom stereocenters. The number of pyridine rings is 1. The SMILES string of the molecule is OC(=S)c1c2ccccc2nc2ccc(CC(F)(F)F)cc12. The molecule has 1 N–H and O–H groups in total. The molecule has 0 spiro atoms. The van der Waals surface area contributed by atoms with Gasteiger partial charge in [-0.25, -0.2) is 4.98 Å². The number of alkyl halides is 3. The number of halogens is 3. The van der Waals surface area contributed by atoms with E-state index in [0.717, 1.165) is 0 Å². The van der Waals surface area contributed by atoms with Gasteiger partial charge in [0.25, 0.3) is 0 Å². The highest BCUT2D eigenvalue weighted by Crippen LogP contribution is 2.29. The summed E-state index contributed by atoms with van der Waals surface area (Å²) in [5.41, 5.74) is 1.58. The van der Waals surface area contributed by atoms with Gasteiger partial charge in [0.15, 0.2) is 5.05 Å². The van der Waals surface area contributed by atoms with Crippen molar-refractivity contribution in [2.45, 2.75) is 12.6 Å². The molecular formula is C16H10F3NOS. The summed E-state index contributed by atoms with van der Waals surface area (Å²) >= 11 is 4.88. The van der Waals surface area contributed by atoms with Crippen molar-refractivity contribution in [3.05, 3.63) is 53.6 Å². The first-order valence-corrected chi connectivity index (χ1v) is 6.87. The number of rotatable bonds is 2. The third kappa shape index (κ3) is 2.74. The van der Waals surface area contributed by atoms with E-state index in [1.807, 2.05) is 0 Å². The normalized spacial score (nSPS) is 12.0. The predicted octanol–water partition coefficient (Wildman–Crippen LogP) is 4.73. The van der Waals surface area contributed by atoms with Crippen molar-refractivity contribution in [3.8, 4) is 0 Å². The minimum atomic E-state index is -4.29. The first kappa shape index (κ1) is 14.7. The Morgan fingerprint density at radius 3 is 2.41 bits per heavy atom. The third-order valence-electron chi connectivity index (χ3n) is 3.36. The second-order valence-electron chi connectivity index (χ2n) is 4.95. The molecule has 112 valence electrons. The number of nitrogens with zero attached hydrogens (tertiary/aromatic N) is 1. The summed E-state index contributed by atoms with van der Waals surface area (Å²) in [6.45, 7) is 0. The number of hydrogen-bond donors (Lipinski definition) is 1. The molecule has 22 heavy (non-hydrogen) atoms. The van der Waals surface area contributed by atoms with E-state index in [4.69, 9.17) is 12.2 Å². The first-order valence-electron chi connectivity index (χ1n) is 6.46. The van der Waals surface area contributed by atoms with Gasteiger partial charge in [0.1, 0.15) is 0 Å². The van der Waals surface area contributed by atoms with Crippen LogP contribution in [0.1, 0.15) is 11.1 Å². The van der Waals surface area contributed by atoms with Crippen molar-refractivity contribution in [3.63, 3.8) is 0 Å². The fraction of sp³-hybridized carbons (Fsp3) is 0.125. The number of benzene rings is 2. The highest BCUT2D eigenvalue weighted by molar-refractivity contribution is 7.80. The van der Waals surface area contributed by atoms with Crippen LogP contribution in [0, 0.1) is 0 Å². The van der Waals surface area contributed by atoms with Crippen LogP contribution in [-0.4, -0.2) is 21.3 Å². The maximum absolute atomic E-state index is 12.6. The van der Waals surface area contributed by atoms with E-state index in [-0.39, 0.29) is 10.6 Å². The van der Waals surface area contributed by atoms with Crippen molar-refractivity contribution < 1.29 is 18.3 Å². The van der Waals surface area contributed by atoms with Crippen LogP contribution >= 0.6 is 12.2 Å². The molecule has 0 amide bonds. The fourth-order valence-electron chi connectivity index (χ4n) is 2.51. The lowest BCUT2D eigenvalue weighted by atomic mass is 10.0. The Balaban J connectivity index is 2.32. The largest absolute Gasteiger partial charge is 0.498 e. The van der Waals surface area contributed by atoms with Crippen LogP contribution in [0.5, 0.6) is 0 Å². The summed E-state index contributed by atoms with van der Waals surface area (Å²) in [5, 5.41) is 10.5. The molecule has 3 rings (SSSR count). The maximum atomic E-state index is 12.6. The van der Waals surface area contributed by atoms with Gasteiger partial charge >= 0.3 is 6.18 Å². The number of thiocarbonyl (C=S) groups is 1. The number of para-hydroxylation sites is 1. The molecule has 0 radical (unpaired) electrons. The van der Waals surface area contributed by atoms with E-state index in [2.05, 4.69) is 4.98 Å². The first-order chi connectivity index (χ1) is 10.3. The molecule has 0 saturated carbocycles. The van der Waals surface area contributed by atoms with Crippen molar-refractivity contribution >= 4 is 39.1 Å². The van der Waals surface area contributed by atoms with Crippen molar-refractivity contribution in [2.24, 2.45) is 0 Å². The van der Waals surface area contributed by atoms with Crippen LogP contribution < -0.4 is 0 Å². The van der Waals surface area contributed by atoms with Gasteiger partial charge in [-0.2, -0.15) is 13.2 Å². The number of aliphatic hydroxyl groups excluding tert-OH is 1. The summed E-state index contributed by atoms with van der Waals surface area (Å²) in [5.74, 6) is 0. The monoisotopic (exact) mass is 321 g/mol. The van der Waals surface area contributed by atoms with Crippen LogP contribution in [0.2, 0.25) is 0 Å². The summed E-state index contributed by atoms with van der Waals surface area (Å²) < 4.78 is 37.7. The van der Waals surface area contributed by atoms with E-state index in [1.54, 1.807) is 24.3 Å². The van der Waals surface area contributed by atoms with Gasteiger partial charge in [0.2, 0.25) is 0 Å². The molecule has 0 atom stereocenters. The van der Waals surface area contributed by atoms with Gasteiger partial charge in [-0.05, 0) is 36.0 Å². The Morgan fingerprint density at radius 2 is 1.73 bits per heavy atom. The topological polar surface area (TPSA) is 33.1 Å². The minimum Gasteiger partial charge on any atom is -0.498 e. The van der Waals surface area contributed by atoms with Gasteiger partial charge in [0, 0.05) is 16.3 Å². The standard InChI is InChI=1S/C16H10F3NOS/c17-16(18,19)8-9-5-6-13-11(7-9)14(15(21)22)10-3-1-2-4-12(10)20-13/h1-7H,8H2,(H,21,22).